The number of rotatable bonds is 4. The first-order chi connectivity index (χ1) is 9.08. The lowest BCUT2D eigenvalue weighted by atomic mass is 9.97. The largest absolute Gasteiger partial charge is 0.496 e. The highest BCUT2D eigenvalue weighted by Gasteiger charge is 2.31. The Kier molecular flexibility index (Phi) is 3.59. The van der Waals surface area contributed by atoms with E-state index < -0.39 is 5.97 Å². The number of nitrogens with zero attached hydrogens (tertiary/aromatic N) is 1. The summed E-state index contributed by atoms with van der Waals surface area (Å²) in [6, 6.07) is 3.40. The lowest BCUT2D eigenvalue weighted by Gasteiger charge is -2.29. The smallest absolute Gasteiger partial charge is 0.323 e. The first-order valence-corrected chi connectivity index (χ1v) is 5.83. The molecule has 2 rings (SSSR count). The summed E-state index contributed by atoms with van der Waals surface area (Å²) >= 11 is 0. The molecular formula is C13H15NO5. The summed E-state index contributed by atoms with van der Waals surface area (Å²) in [7, 11) is 3.02. The maximum atomic E-state index is 12.3. The standard InChI is InChI=1S/C13H15NO5/c1-18-9-3-4-10(19-2)12-8(9)5-6-14(13(12)17)7-11(15)16/h3-4H,5-7H2,1-2H3,(H,15,16). The second kappa shape index (κ2) is 5.17. The number of fused-ring (bicyclic) bond motifs is 1. The molecule has 1 aliphatic heterocycles. The number of ether oxygens (including phenoxy) is 2. The molecule has 6 heteroatoms. The number of hydrogen-bond donors (Lipinski definition) is 1. The third-order valence-corrected chi connectivity index (χ3v) is 3.13. The average molecular weight is 265 g/mol. The molecule has 19 heavy (non-hydrogen) atoms. The van der Waals surface area contributed by atoms with Gasteiger partial charge in [-0.3, -0.25) is 9.59 Å². The van der Waals surface area contributed by atoms with E-state index in [1.165, 1.54) is 19.1 Å². The van der Waals surface area contributed by atoms with Gasteiger partial charge in [-0.1, -0.05) is 0 Å². The highest BCUT2D eigenvalue weighted by molar-refractivity contribution is 6.01. The van der Waals surface area contributed by atoms with Crippen LogP contribution in [0.2, 0.25) is 0 Å². The summed E-state index contributed by atoms with van der Waals surface area (Å²) in [5.74, 6) is -0.298. The van der Waals surface area contributed by atoms with Crippen LogP contribution >= 0.6 is 0 Å². The van der Waals surface area contributed by atoms with Crippen molar-refractivity contribution in [2.75, 3.05) is 27.3 Å². The second-order valence-corrected chi connectivity index (χ2v) is 4.19. The first kappa shape index (κ1) is 13.2. The number of amides is 1. The van der Waals surface area contributed by atoms with Gasteiger partial charge in [-0.2, -0.15) is 0 Å². The summed E-state index contributed by atoms with van der Waals surface area (Å²) in [6.45, 7) is 0.0559. The molecule has 0 atom stereocenters. The number of aliphatic carboxylic acids is 1. The van der Waals surface area contributed by atoms with Crippen LogP contribution in [-0.2, 0) is 11.2 Å². The number of carbonyl (C=O) groups is 2. The van der Waals surface area contributed by atoms with Crippen LogP contribution in [0, 0.1) is 0 Å². The van der Waals surface area contributed by atoms with Crippen molar-refractivity contribution in [1.82, 2.24) is 4.90 Å². The van der Waals surface area contributed by atoms with E-state index in [0.29, 0.717) is 30.0 Å². The van der Waals surface area contributed by atoms with Crippen molar-refractivity contribution in [3.05, 3.63) is 23.3 Å². The molecule has 0 spiro atoms. The van der Waals surface area contributed by atoms with Crippen LogP contribution in [0.5, 0.6) is 11.5 Å². The third-order valence-electron chi connectivity index (χ3n) is 3.13. The zero-order valence-electron chi connectivity index (χ0n) is 10.8. The zero-order chi connectivity index (χ0) is 14.0. The topological polar surface area (TPSA) is 76.1 Å². The molecule has 1 heterocycles. The van der Waals surface area contributed by atoms with Gasteiger partial charge in [-0.05, 0) is 18.6 Å². The van der Waals surface area contributed by atoms with Gasteiger partial charge < -0.3 is 19.5 Å². The highest BCUT2D eigenvalue weighted by atomic mass is 16.5. The van der Waals surface area contributed by atoms with E-state index in [1.807, 2.05) is 0 Å². The van der Waals surface area contributed by atoms with Gasteiger partial charge in [-0.25, -0.2) is 0 Å². The number of carboxylic acid groups (broad SMARTS) is 1. The fraction of sp³-hybridized carbons (Fsp3) is 0.385. The average Bonchev–Trinajstić information content (AvgIpc) is 2.40. The molecular weight excluding hydrogens is 250 g/mol. The Morgan fingerprint density at radius 1 is 1.32 bits per heavy atom. The zero-order valence-corrected chi connectivity index (χ0v) is 10.8. The molecule has 6 nitrogen and oxygen atoms in total. The van der Waals surface area contributed by atoms with Crippen LogP contribution in [0.3, 0.4) is 0 Å². The molecule has 1 aromatic carbocycles. The van der Waals surface area contributed by atoms with E-state index >= 15 is 0 Å². The van der Waals surface area contributed by atoms with Crippen molar-refractivity contribution >= 4 is 11.9 Å². The number of benzene rings is 1. The Morgan fingerprint density at radius 3 is 2.53 bits per heavy atom. The summed E-state index contributed by atoms with van der Waals surface area (Å²) in [4.78, 5) is 24.4. The highest BCUT2D eigenvalue weighted by Crippen LogP contribution is 2.34. The fourth-order valence-electron chi connectivity index (χ4n) is 2.27. The van der Waals surface area contributed by atoms with Crippen LogP contribution in [0.15, 0.2) is 12.1 Å². The Morgan fingerprint density at radius 2 is 1.95 bits per heavy atom. The van der Waals surface area contributed by atoms with E-state index in [9.17, 15) is 9.59 Å². The van der Waals surface area contributed by atoms with Crippen molar-refractivity contribution in [3.63, 3.8) is 0 Å². The van der Waals surface area contributed by atoms with Crippen LogP contribution in [0.25, 0.3) is 0 Å². The van der Waals surface area contributed by atoms with Crippen molar-refractivity contribution in [2.24, 2.45) is 0 Å². The maximum absolute atomic E-state index is 12.3. The fourth-order valence-corrected chi connectivity index (χ4v) is 2.27. The number of hydrogen-bond acceptors (Lipinski definition) is 4. The first-order valence-electron chi connectivity index (χ1n) is 5.83. The predicted octanol–water partition coefficient (Wildman–Crippen LogP) is 0.787. The molecule has 1 aromatic rings. The summed E-state index contributed by atoms with van der Waals surface area (Å²) < 4.78 is 10.4. The summed E-state index contributed by atoms with van der Waals surface area (Å²) in [5.41, 5.74) is 1.17. The van der Waals surface area contributed by atoms with E-state index in [-0.39, 0.29) is 12.5 Å². The SMILES string of the molecule is COc1ccc(OC)c2c1CCN(CC(=O)O)C2=O. The number of carbonyl (C=O) groups excluding carboxylic acids is 1. The third kappa shape index (κ3) is 2.33. The molecule has 1 amide bonds. The molecule has 1 aliphatic rings. The molecule has 0 radical (unpaired) electrons. The van der Waals surface area contributed by atoms with Crippen LogP contribution in [0.4, 0.5) is 0 Å². The van der Waals surface area contributed by atoms with Gasteiger partial charge in [0.2, 0.25) is 0 Å². The molecule has 0 bridgehead atoms. The Balaban J connectivity index is 2.46. The molecule has 0 fully saturated rings. The van der Waals surface area contributed by atoms with Crippen LogP contribution < -0.4 is 9.47 Å². The molecule has 0 unspecified atom stereocenters. The van der Waals surface area contributed by atoms with Crippen molar-refractivity contribution in [3.8, 4) is 11.5 Å². The van der Waals surface area contributed by atoms with Crippen molar-refractivity contribution in [1.29, 1.82) is 0 Å². The Bertz CT molecular complexity index is 526. The van der Waals surface area contributed by atoms with Gasteiger partial charge in [0.25, 0.3) is 5.91 Å². The quantitative estimate of drug-likeness (QED) is 0.871. The number of carboxylic acids is 1. The van der Waals surface area contributed by atoms with E-state index in [0.717, 1.165) is 5.56 Å². The minimum atomic E-state index is -1.03. The van der Waals surface area contributed by atoms with Gasteiger partial charge >= 0.3 is 5.97 Å². The molecule has 102 valence electrons. The van der Waals surface area contributed by atoms with Gasteiger partial charge in [0, 0.05) is 12.1 Å². The lowest BCUT2D eigenvalue weighted by Crippen LogP contribution is -2.41. The van der Waals surface area contributed by atoms with Gasteiger partial charge in [0.05, 0.1) is 19.8 Å². The van der Waals surface area contributed by atoms with Gasteiger partial charge in [-0.15, -0.1) is 0 Å². The molecule has 0 aromatic heterocycles. The monoisotopic (exact) mass is 265 g/mol. The normalized spacial score (nSPS) is 14.0. The lowest BCUT2D eigenvalue weighted by molar-refractivity contribution is -0.137. The second-order valence-electron chi connectivity index (χ2n) is 4.19. The van der Waals surface area contributed by atoms with E-state index in [4.69, 9.17) is 14.6 Å². The van der Waals surface area contributed by atoms with E-state index in [1.54, 1.807) is 12.1 Å². The van der Waals surface area contributed by atoms with Crippen molar-refractivity contribution < 1.29 is 24.2 Å². The molecule has 0 saturated heterocycles. The van der Waals surface area contributed by atoms with Crippen LogP contribution in [-0.4, -0.2) is 49.2 Å². The maximum Gasteiger partial charge on any atom is 0.323 e. The van der Waals surface area contributed by atoms with Gasteiger partial charge in [0.15, 0.2) is 0 Å². The van der Waals surface area contributed by atoms with Crippen molar-refractivity contribution in [2.45, 2.75) is 6.42 Å². The summed E-state index contributed by atoms with van der Waals surface area (Å²) in [5, 5.41) is 8.81. The minimum absolute atomic E-state index is 0.307. The molecule has 0 aliphatic carbocycles. The number of methoxy groups -OCH3 is 2. The summed E-state index contributed by atoms with van der Waals surface area (Å²) in [6.07, 6.45) is 0.550. The predicted molar refractivity (Wildman–Crippen MR) is 66.8 cm³/mol. The minimum Gasteiger partial charge on any atom is -0.496 e. The Hall–Kier alpha value is -2.24. The molecule has 1 N–H and O–H groups in total. The van der Waals surface area contributed by atoms with Gasteiger partial charge in [0.1, 0.15) is 18.0 Å². The van der Waals surface area contributed by atoms with E-state index in [2.05, 4.69) is 0 Å². The van der Waals surface area contributed by atoms with Crippen LogP contribution in [0.1, 0.15) is 15.9 Å². The Labute approximate surface area is 110 Å². The molecule has 0 saturated carbocycles.